The van der Waals surface area contributed by atoms with Gasteiger partial charge in [-0.25, -0.2) is 14.0 Å². The number of esters is 2. The monoisotopic (exact) mass is 337 g/mol. The Morgan fingerprint density at radius 1 is 1.17 bits per heavy atom. The van der Waals surface area contributed by atoms with Crippen molar-refractivity contribution in [3.05, 3.63) is 30.1 Å². The normalized spacial score (nSPS) is 19.2. The number of hydrogen-bond donors (Lipinski definition) is 0. The molecule has 1 aliphatic heterocycles. The molecule has 2 rings (SSSR count). The van der Waals surface area contributed by atoms with E-state index in [9.17, 15) is 18.8 Å². The maximum absolute atomic E-state index is 13.2. The molecule has 1 aromatic rings. The van der Waals surface area contributed by atoms with E-state index in [1.807, 2.05) is 0 Å². The first-order valence-electron chi connectivity index (χ1n) is 7.82. The Balaban J connectivity index is 2.62. The molecule has 1 atom stereocenters. The molecule has 1 amide bonds. The van der Waals surface area contributed by atoms with Crippen LogP contribution < -0.4 is 4.90 Å². The number of ether oxygens (including phenoxy) is 2. The summed E-state index contributed by atoms with van der Waals surface area (Å²) in [6, 6.07) is 5.01. The molecule has 0 N–H and O–H groups in total. The van der Waals surface area contributed by atoms with Gasteiger partial charge < -0.3 is 9.47 Å². The average molecular weight is 337 g/mol. The molecule has 0 radical (unpaired) electrons. The van der Waals surface area contributed by atoms with E-state index in [0.717, 1.165) is 17.0 Å². The largest absolute Gasteiger partial charge is 0.464 e. The van der Waals surface area contributed by atoms with Crippen molar-refractivity contribution in [2.75, 3.05) is 18.1 Å². The standard InChI is InChI=1S/C17H20FNO5/c1-4-23-15(21)17(16(22)24-5-2)11(3)10-14(20)19(17)13-8-6-12(18)7-9-13/h6-9,11H,4-5,10H2,1-3H3. The predicted molar refractivity (Wildman–Crippen MR) is 83.7 cm³/mol. The predicted octanol–water partition coefficient (Wildman–Crippen LogP) is 2.06. The van der Waals surface area contributed by atoms with Gasteiger partial charge in [-0.1, -0.05) is 6.92 Å². The van der Waals surface area contributed by atoms with E-state index in [1.54, 1.807) is 20.8 Å². The molecule has 130 valence electrons. The maximum atomic E-state index is 13.2. The first kappa shape index (κ1) is 17.9. The molecule has 1 heterocycles. The second-order valence-corrected chi connectivity index (χ2v) is 5.52. The molecule has 1 unspecified atom stereocenters. The van der Waals surface area contributed by atoms with Gasteiger partial charge in [-0.2, -0.15) is 0 Å². The van der Waals surface area contributed by atoms with Crippen LogP contribution in [-0.4, -0.2) is 36.6 Å². The van der Waals surface area contributed by atoms with Crippen molar-refractivity contribution in [3.8, 4) is 0 Å². The highest BCUT2D eigenvalue weighted by molar-refractivity contribution is 6.18. The summed E-state index contributed by atoms with van der Waals surface area (Å²) in [5.41, 5.74) is -1.66. The number of benzene rings is 1. The first-order chi connectivity index (χ1) is 11.4. The Morgan fingerprint density at radius 2 is 1.67 bits per heavy atom. The minimum atomic E-state index is -1.90. The number of amides is 1. The zero-order valence-electron chi connectivity index (χ0n) is 13.9. The van der Waals surface area contributed by atoms with Gasteiger partial charge >= 0.3 is 11.9 Å². The highest BCUT2D eigenvalue weighted by Gasteiger charge is 2.64. The van der Waals surface area contributed by atoms with Crippen LogP contribution >= 0.6 is 0 Å². The third-order valence-corrected chi connectivity index (χ3v) is 4.05. The fraction of sp³-hybridized carbons (Fsp3) is 0.471. The quantitative estimate of drug-likeness (QED) is 0.607. The van der Waals surface area contributed by atoms with Gasteiger partial charge in [-0.3, -0.25) is 9.69 Å². The van der Waals surface area contributed by atoms with Gasteiger partial charge in [-0.05, 0) is 38.1 Å². The van der Waals surface area contributed by atoms with Gasteiger partial charge in [0, 0.05) is 18.0 Å². The smallest absolute Gasteiger partial charge is 0.344 e. The molecule has 1 aliphatic rings. The molecule has 0 spiro atoms. The summed E-state index contributed by atoms with van der Waals surface area (Å²) in [7, 11) is 0. The van der Waals surface area contributed by atoms with Gasteiger partial charge in [0.15, 0.2) is 0 Å². The number of carbonyl (C=O) groups is 3. The summed E-state index contributed by atoms with van der Waals surface area (Å²) in [6.07, 6.45) is -0.0188. The molecule has 0 bridgehead atoms. The van der Waals surface area contributed by atoms with Crippen LogP contribution in [-0.2, 0) is 23.9 Å². The number of anilines is 1. The van der Waals surface area contributed by atoms with Crippen LogP contribution in [0.2, 0.25) is 0 Å². The van der Waals surface area contributed by atoms with Crippen LogP contribution in [0.25, 0.3) is 0 Å². The van der Waals surface area contributed by atoms with Gasteiger partial charge in [-0.15, -0.1) is 0 Å². The number of nitrogens with zero attached hydrogens (tertiary/aromatic N) is 1. The van der Waals surface area contributed by atoms with Gasteiger partial charge in [0.1, 0.15) is 5.82 Å². The maximum Gasteiger partial charge on any atom is 0.344 e. The molecule has 0 aliphatic carbocycles. The lowest BCUT2D eigenvalue weighted by Gasteiger charge is -2.36. The third kappa shape index (κ3) is 2.74. The van der Waals surface area contributed by atoms with Crippen LogP contribution in [0.3, 0.4) is 0 Å². The second-order valence-electron chi connectivity index (χ2n) is 5.52. The molecule has 24 heavy (non-hydrogen) atoms. The van der Waals surface area contributed by atoms with E-state index in [1.165, 1.54) is 12.1 Å². The van der Waals surface area contributed by atoms with E-state index in [4.69, 9.17) is 9.47 Å². The zero-order valence-corrected chi connectivity index (χ0v) is 13.9. The van der Waals surface area contributed by atoms with Crippen molar-refractivity contribution in [1.82, 2.24) is 0 Å². The minimum absolute atomic E-state index is 0.0188. The number of carbonyl (C=O) groups excluding carboxylic acids is 3. The Hall–Kier alpha value is -2.44. The van der Waals surface area contributed by atoms with E-state index < -0.39 is 35.1 Å². The Kier molecular flexibility index (Phi) is 5.21. The summed E-state index contributed by atoms with van der Waals surface area (Å²) in [5, 5.41) is 0. The van der Waals surface area contributed by atoms with Crippen molar-refractivity contribution in [3.63, 3.8) is 0 Å². The topological polar surface area (TPSA) is 72.9 Å². The van der Waals surface area contributed by atoms with Crippen molar-refractivity contribution in [2.45, 2.75) is 32.7 Å². The first-order valence-corrected chi connectivity index (χ1v) is 7.82. The second kappa shape index (κ2) is 6.98. The van der Waals surface area contributed by atoms with Crippen molar-refractivity contribution in [2.24, 2.45) is 5.92 Å². The van der Waals surface area contributed by atoms with Crippen molar-refractivity contribution >= 4 is 23.5 Å². The molecule has 1 aromatic carbocycles. The van der Waals surface area contributed by atoms with Crippen LogP contribution in [0.4, 0.5) is 10.1 Å². The number of rotatable bonds is 5. The Morgan fingerprint density at radius 3 is 2.12 bits per heavy atom. The van der Waals surface area contributed by atoms with Gasteiger partial charge in [0.05, 0.1) is 13.2 Å². The minimum Gasteiger partial charge on any atom is -0.464 e. The average Bonchev–Trinajstić information content (AvgIpc) is 2.80. The Bertz CT molecular complexity index is 625. The zero-order chi connectivity index (χ0) is 17.9. The summed E-state index contributed by atoms with van der Waals surface area (Å²) in [4.78, 5) is 39.0. The summed E-state index contributed by atoms with van der Waals surface area (Å²) >= 11 is 0. The van der Waals surface area contributed by atoms with Crippen molar-refractivity contribution < 1.29 is 28.2 Å². The third-order valence-electron chi connectivity index (χ3n) is 4.05. The number of halogens is 1. The summed E-state index contributed by atoms with van der Waals surface area (Å²) in [5.74, 6) is -3.24. The molecule has 0 saturated carbocycles. The van der Waals surface area contributed by atoms with E-state index in [2.05, 4.69) is 0 Å². The molecule has 7 heteroatoms. The van der Waals surface area contributed by atoms with E-state index in [0.29, 0.717) is 0 Å². The highest BCUT2D eigenvalue weighted by atomic mass is 19.1. The molecule has 1 saturated heterocycles. The van der Waals surface area contributed by atoms with Crippen LogP contribution in [0.15, 0.2) is 24.3 Å². The fourth-order valence-corrected chi connectivity index (χ4v) is 3.01. The Labute approximate surface area is 139 Å². The SMILES string of the molecule is CCOC(=O)C1(C(=O)OCC)C(C)CC(=O)N1c1ccc(F)cc1. The summed E-state index contributed by atoms with van der Waals surface area (Å²) < 4.78 is 23.4. The molecule has 6 nitrogen and oxygen atoms in total. The molecular formula is C17H20FNO5. The van der Waals surface area contributed by atoms with E-state index in [-0.39, 0.29) is 25.3 Å². The molecule has 1 fully saturated rings. The van der Waals surface area contributed by atoms with E-state index >= 15 is 0 Å². The van der Waals surface area contributed by atoms with Crippen molar-refractivity contribution in [1.29, 1.82) is 0 Å². The van der Waals surface area contributed by atoms with Crippen LogP contribution in [0.1, 0.15) is 27.2 Å². The highest BCUT2D eigenvalue weighted by Crippen LogP contribution is 2.41. The molecular weight excluding hydrogens is 317 g/mol. The van der Waals surface area contributed by atoms with Crippen LogP contribution in [0.5, 0.6) is 0 Å². The fourth-order valence-electron chi connectivity index (χ4n) is 3.01. The lowest BCUT2D eigenvalue weighted by molar-refractivity contribution is -0.166. The number of hydrogen-bond acceptors (Lipinski definition) is 5. The molecule has 0 aromatic heterocycles. The van der Waals surface area contributed by atoms with Gasteiger partial charge in [0.25, 0.3) is 0 Å². The summed E-state index contributed by atoms with van der Waals surface area (Å²) in [6.45, 7) is 4.95. The van der Waals surface area contributed by atoms with Crippen LogP contribution in [0, 0.1) is 11.7 Å². The lowest BCUT2D eigenvalue weighted by Crippen LogP contribution is -2.62. The lowest BCUT2D eigenvalue weighted by atomic mass is 9.85. The van der Waals surface area contributed by atoms with Gasteiger partial charge in [0.2, 0.25) is 11.4 Å².